The highest BCUT2D eigenvalue weighted by Crippen LogP contribution is 2.43. The second-order valence-corrected chi connectivity index (χ2v) is 7.76. The van der Waals surface area contributed by atoms with Gasteiger partial charge in [0.15, 0.2) is 0 Å². The molecule has 1 aliphatic carbocycles. The molecular formula is C17H27N3OS. The van der Waals surface area contributed by atoms with E-state index in [9.17, 15) is 4.79 Å². The number of nitrogens with one attached hydrogen (secondary N) is 2. The largest absolute Gasteiger partial charge is 0.354 e. The van der Waals surface area contributed by atoms with Gasteiger partial charge >= 0.3 is 0 Å². The normalized spacial score (nSPS) is 29.3. The van der Waals surface area contributed by atoms with Crippen LogP contribution in [0.4, 0.5) is 0 Å². The van der Waals surface area contributed by atoms with Crippen molar-refractivity contribution in [3.8, 4) is 0 Å². The zero-order valence-electron chi connectivity index (χ0n) is 13.6. The van der Waals surface area contributed by atoms with Crippen molar-refractivity contribution >= 4 is 17.2 Å². The minimum atomic E-state index is -0.149. The first-order valence-corrected chi connectivity index (χ1v) is 9.25. The topological polar surface area (TPSA) is 44.4 Å². The van der Waals surface area contributed by atoms with E-state index in [1.807, 2.05) is 0 Å². The van der Waals surface area contributed by atoms with Gasteiger partial charge in [0.2, 0.25) is 5.91 Å². The molecule has 0 aromatic carbocycles. The first-order chi connectivity index (χ1) is 10.6. The third-order valence-corrected chi connectivity index (χ3v) is 6.20. The van der Waals surface area contributed by atoms with Crippen molar-refractivity contribution in [2.45, 2.75) is 31.7 Å². The standard InChI is InChI=1S/C17H27N3OS/c1-20(2)15(13-6-8-22-11-13)10-19-16(21)17-7-4-3-5-14(17)9-18-12-17/h6,8,11,14-15,18H,3-5,7,9-10,12H2,1-2H3,(H,19,21)/t14-,15?,17+/m0/s1. The number of carbonyl (C=O) groups is 1. The number of amides is 1. The Kier molecular flexibility index (Phi) is 4.85. The van der Waals surface area contributed by atoms with Crippen molar-refractivity contribution in [1.82, 2.24) is 15.5 Å². The summed E-state index contributed by atoms with van der Waals surface area (Å²) in [5.74, 6) is 0.796. The molecule has 0 radical (unpaired) electrons. The average Bonchev–Trinajstić information content (AvgIpc) is 3.16. The molecule has 4 nitrogen and oxygen atoms in total. The zero-order valence-corrected chi connectivity index (χ0v) is 14.4. The molecule has 22 heavy (non-hydrogen) atoms. The van der Waals surface area contributed by atoms with Crippen molar-refractivity contribution in [2.24, 2.45) is 11.3 Å². The van der Waals surface area contributed by atoms with E-state index in [2.05, 4.69) is 46.5 Å². The van der Waals surface area contributed by atoms with Crippen molar-refractivity contribution in [1.29, 1.82) is 0 Å². The fourth-order valence-corrected chi connectivity index (χ4v) is 4.83. The van der Waals surface area contributed by atoms with E-state index >= 15 is 0 Å². The van der Waals surface area contributed by atoms with Crippen LogP contribution in [0.1, 0.15) is 37.3 Å². The average molecular weight is 321 g/mol. The zero-order chi connectivity index (χ0) is 15.6. The third-order valence-electron chi connectivity index (χ3n) is 5.50. The lowest BCUT2D eigenvalue weighted by molar-refractivity contribution is -0.134. The quantitative estimate of drug-likeness (QED) is 0.874. The monoisotopic (exact) mass is 321 g/mol. The number of fused-ring (bicyclic) bond motifs is 1. The number of carbonyl (C=O) groups excluding carboxylic acids is 1. The number of hydrogen-bond donors (Lipinski definition) is 2. The van der Waals surface area contributed by atoms with Gasteiger partial charge in [-0.1, -0.05) is 12.8 Å². The molecule has 2 aliphatic rings. The number of likely N-dealkylation sites (N-methyl/N-ethyl adjacent to an activating group) is 1. The lowest BCUT2D eigenvalue weighted by Gasteiger charge is -2.37. The van der Waals surface area contributed by atoms with Crippen molar-refractivity contribution in [2.75, 3.05) is 33.7 Å². The van der Waals surface area contributed by atoms with Gasteiger partial charge in [0.1, 0.15) is 0 Å². The highest BCUT2D eigenvalue weighted by atomic mass is 32.1. The Morgan fingerprint density at radius 3 is 3.14 bits per heavy atom. The fraction of sp³-hybridized carbons (Fsp3) is 0.706. The van der Waals surface area contributed by atoms with Gasteiger partial charge in [0.25, 0.3) is 0 Å². The Bertz CT molecular complexity index is 502. The highest BCUT2D eigenvalue weighted by molar-refractivity contribution is 7.07. The van der Waals surface area contributed by atoms with E-state index in [0.29, 0.717) is 12.5 Å². The number of thiophene rings is 1. The minimum Gasteiger partial charge on any atom is -0.354 e. The molecule has 122 valence electrons. The van der Waals surface area contributed by atoms with Gasteiger partial charge in [-0.2, -0.15) is 11.3 Å². The molecule has 5 heteroatoms. The van der Waals surface area contributed by atoms with E-state index in [1.54, 1.807) is 11.3 Å². The number of hydrogen-bond acceptors (Lipinski definition) is 4. The van der Waals surface area contributed by atoms with Crippen LogP contribution in [0.25, 0.3) is 0 Å². The summed E-state index contributed by atoms with van der Waals surface area (Å²) in [6.45, 7) is 2.56. The minimum absolute atomic E-state index is 0.149. The van der Waals surface area contributed by atoms with Crippen molar-refractivity contribution in [3.05, 3.63) is 22.4 Å². The molecular weight excluding hydrogens is 294 g/mol. The van der Waals surface area contributed by atoms with Gasteiger partial charge in [0, 0.05) is 13.1 Å². The Morgan fingerprint density at radius 1 is 1.55 bits per heavy atom. The lowest BCUT2D eigenvalue weighted by Crippen LogP contribution is -2.49. The molecule has 1 aliphatic heterocycles. The molecule has 3 rings (SSSR count). The third kappa shape index (κ3) is 2.94. The predicted octanol–water partition coefficient (Wildman–Crippen LogP) is 2.25. The van der Waals surface area contributed by atoms with Crippen LogP contribution in [0.15, 0.2) is 16.8 Å². The summed E-state index contributed by atoms with van der Waals surface area (Å²) >= 11 is 1.71. The van der Waals surface area contributed by atoms with E-state index in [0.717, 1.165) is 19.5 Å². The smallest absolute Gasteiger partial charge is 0.227 e. The van der Waals surface area contributed by atoms with E-state index in [1.165, 1.54) is 24.8 Å². The summed E-state index contributed by atoms with van der Waals surface area (Å²) in [4.78, 5) is 15.1. The Balaban J connectivity index is 1.66. The molecule has 0 bridgehead atoms. The van der Waals surface area contributed by atoms with Crippen molar-refractivity contribution in [3.63, 3.8) is 0 Å². The maximum absolute atomic E-state index is 12.9. The molecule has 1 aromatic heterocycles. The van der Waals surface area contributed by atoms with Crippen LogP contribution in [-0.2, 0) is 4.79 Å². The first-order valence-electron chi connectivity index (χ1n) is 8.31. The number of nitrogens with zero attached hydrogens (tertiary/aromatic N) is 1. The van der Waals surface area contributed by atoms with E-state index in [-0.39, 0.29) is 17.4 Å². The van der Waals surface area contributed by atoms with Gasteiger partial charge in [-0.05, 0) is 61.8 Å². The predicted molar refractivity (Wildman–Crippen MR) is 91.0 cm³/mol. The molecule has 1 unspecified atom stereocenters. The lowest BCUT2D eigenvalue weighted by atomic mass is 9.67. The maximum atomic E-state index is 12.9. The summed E-state index contributed by atoms with van der Waals surface area (Å²) in [5.41, 5.74) is 1.14. The molecule has 1 amide bonds. The van der Waals surface area contributed by atoms with Crippen LogP contribution in [0.2, 0.25) is 0 Å². The second kappa shape index (κ2) is 6.69. The fourth-order valence-electron chi connectivity index (χ4n) is 4.12. The second-order valence-electron chi connectivity index (χ2n) is 6.98. The molecule has 2 fully saturated rings. The maximum Gasteiger partial charge on any atom is 0.227 e. The molecule has 1 saturated heterocycles. The Labute approximate surface area is 137 Å². The van der Waals surface area contributed by atoms with Crippen LogP contribution < -0.4 is 10.6 Å². The summed E-state index contributed by atoms with van der Waals surface area (Å²) in [7, 11) is 4.15. The van der Waals surface area contributed by atoms with E-state index in [4.69, 9.17) is 0 Å². The Morgan fingerprint density at radius 2 is 2.41 bits per heavy atom. The van der Waals surface area contributed by atoms with Gasteiger partial charge in [-0.15, -0.1) is 0 Å². The molecule has 1 aromatic rings. The SMILES string of the molecule is CN(C)C(CNC(=O)[C@@]12CCCC[C@H]1CNC2)c1ccsc1. The summed E-state index contributed by atoms with van der Waals surface area (Å²) in [6, 6.07) is 2.41. The van der Waals surface area contributed by atoms with Crippen LogP contribution in [0.5, 0.6) is 0 Å². The van der Waals surface area contributed by atoms with Crippen LogP contribution in [0.3, 0.4) is 0 Å². The summed E-state index contributed by atoms with van der Waals surface area (Å²) < 4.78 is 0. The van der Waals surface area contributed by atoms with Crippen LogP contribution in [-0.4, -0.2) is 44.5 Å². The number of rotatable bonds is 5. The molecule has 3 atom stereocenters. The van der Waals surface area contributed by atoms with E-state index < -0.39 is 0 Å². The summed E-state index contributed by atoms with van der Waals surface area (Å²) in [6.07, 6.45) is 4.70. The first kappa shape index (κ1) is 16.0. The van der Waals surface area contributed by atoms with Gasteiger partial charge < -0.3 is 15.5 Å². The Hall–Kier alpha value is -0.910. The summed E-state index contributed by atoms with van der Waals surface area (Å²) in [5, 5.41) is 11.0. The molecule has 2 heterocycles. The molecule has 1 saturated carbocycles. The van der Waals surface area contributed by atoms with Gasteiger partial charge in [-0.25, -0.2) is 0 Å². The molecule has 0 spiro atoms. The van der Waals surface area contributed by atoms with Gasteiger partial charge in [-0.3, -0.25) is 4.79 Å². The van der Waals surface area contributed by atoms with Gasteiger partial charge in [0.05, 0.1) is 11.5 Å². The van der Waals surface area contributed by atoms with Crippen LogP contribution in [0, 0.1) is 11.3 Å². The van der Waals surface area contributed by atoms with Crippen molar-refractivity contribution < 1.29 is 4.79 Å². The highest BCUT2D eigenvalue weighted by Gasteiger charge is 2.49. The molecule has 2 N–H and O–H groups in total. The van der Waals surface area contributed by atoms with Crippen LogP contribution >= 0.6 is 11.3 Å².